The van der Waals surface area contributed by atoms with Gasteiger partial charge in [-0.2, -0.15) is 10.5 Å². The monoisotopic (exact) mass is 315 g/mol. The summed E-state index contributed by atoms with van der Waals surface area (Å²) >= 11 is 0. The van der Waals surface area contributed by atoms with Gasteiger partial charge < -0.3 is 9.14 Å². The van der Waals surface area contributed by atoms with E-state index >= 15 is 0 Å². The van der Waals surface area contributed by atoms with Crippen LogP contribution in [-0.2, 0) is 4.74 Å². The van der Waals surface area contributed by atoms with Gasteiger partial charge in [0.25, 0.3) is 0 Å². The molecule has 0 radical (unpaired) electrons. The number of ether oxygens (including phenoxy) is 1. The van der Waals surface area contributed by atoms with Crippen molar-refractivity contribution in [1.82, 2.24) is 4.40 Å². The molecule has 2 heterocycles. The molecule has 2 aromatic heterocycles. The lowest BCUT2D eigenvalue weighted by molar-refractivity contribution is 0.0529. The fourth-order valence-corrected chi connectivity index (χ4v) is 2.72. The molecule has 0 fully saturated rings. The number of carbonyl (C=O) groups is 1. The Morgan fingerprint density at radius 1 is 1.12 bits per heavy atom. The van der Waals surface area contributed by atoms with Crippen LogP contribution in [0.2, 0.25) is 0 Å². The van der Waals surface area contributed by atoms with E-state index in [2.05, 4.69) is 12.1 Å². The zero-order valence-corrected chi connectivity index (χ0v) is 13.0. The van der Waals surface area contributed by atoms with Gasteiger partial charge in [0.15, 0.2) is 0 Å². The average molecular weight is 315 g/mol. The summed E-state index contributed by atoms with van der Waals surface area (Å²) in [4.78, 5) is 12.5. The number of nitriles is 2. The van der Waals surface area contributed by atoms with Gasteiger partial charge in [-0.1, -0.05) is 18.2 Å². The fourth-order valence-electron chi connectivity index (χ4n) is 2.72. The van der Waals surface area contributed by atoms with E-state index in [-0.39, 0.29) is 6.61 Å². The summed E-state index contributed by atoms with van der Waals surface area (Å²) in [7, 11) is 0. The summed E-state index contributed by atoms with van der Waals surface area (Å²) in [5.74, 6) is -0.470. The molecule has 0 aliphatic heterocycles. The van der Waals surface area contributed by atoms with Gasteiger partial charge in [-0.15, -0.1) is 0 Å². The molecule has 5 nitrogen and oxygen atoms in total. The lowest BCUT2D eigenvalue weighted by Crippen LogP contribution is -2.05. The topological polar surface area (TPSA) is 78.3 Å². The van der Waals surface area contributed by atoms with Crippen LogP contribution in [0.3, 0.4) is 0 Å². The molecule has 0 aliphatic carbocycles. The maximum atomic E-state index is 12.5. The van der Waals surface area contributed by atoms with E-state index in [1.807, 2.05) is 6.07 Å². The molecule has 0 atom stereocenters. The van der Waals surface area contributed by atoms with Crippen molar-refractivity contribution in [2.75, 3.05) is 6.61 Å². The van der Waals surface area contributed by atoms with E-state index in [1.165, 1.54) is 0 Å². The zero-order chi connectivity index (χ0) is 17.1. The second kappa shape index (κ2) is 6.28. The van der Waals surface area contributed by atoms with Crippen molar-refractivity contribution in [2.24, 2.45) is 0 Å². The van der Waals surface area contributed by atoms with Crippen LogP contribution in [0, 0.1) is 22.7 Å². The molecule has 0 spiro atoms. The summed E-state index contributed by atoms with van der Waals surface area (Å²) in [6.07, 6.45) is 1.74. The van der Waals surface area contributed by atoms with Crippen LogP contribution in [0.15, 0.2) is 48.7 Å². The number of benzene rings is 1. The first-order valence-electron chi connectivity index (χ1n) is 7.42. The summed E-state index contributed by atoms with van der Waals surface area (Å²) in [5.41, 5.74) is 3.06. The second-order valence-corrected chi connectivity index (χ2v) is 5.08. The second-order valence-electron chi connectivity index (χ2n) is 5.08. The summed E-state index contributed by atoms with van der Waals surface area (Å²) in [5, 5.41) is 18.6. The van der Waals surface area contributed by atoms with Gasteiger partial charge in [-0.25, -0.2) is 4.79 Å². The van der Waals surface area contributed by atoms with E-state index in [1.54, 1.807) is 53.9 Å². The van der Waals surface area contributed by atoms with E-state index < -0.39 is 5.97 Å². The van der Waals surface area contributed by atoms with Crippen LogP contribution in [0.4, 0.5) is 0 Å². The smallest absolute Gasteiger partial charge is 0.341 e. The quantitative estimate of drug-likeness (QED) is 0.693. The number of rotatable bonds is 3. The first-order valence-corrected chi connectivity index (χ1v) is 7.42. The highest BCUT2D eigenvalue weighted by Gasteiger charge is 2.25. The third-order valence-electron chi connectivity index (χ3n) is 3.73. The number of hydrogen-bond acceptors (Lipinski definition) is 4. The summed E-state index contributed by atoms with van der Waals surface area (Å²) < 4.78 is 6.87. The van der Waals surface area contributed by atoms with E-state index in [9.17, 15) is 10.1 Å². The summed E-state index contributed by atoms with van der Waals surface area (Å²) in [6, 6.07) is 16.4. The maximum Gasteiger partial charge on any atom is 0.341 e. The predicted molar refractivity (Wildman–Crippen MR) is 88.2 cm³/mol. The van der Waals surface area contributed by atoms with E-state index in [0.717, 1.165) is 0 Å². The van der Waals surface area contributed by atoms with Gasteiger partial charge in [-0.05, 0) is 36.8 Å². The average Bonchev–Trinajstić information content (AvgIpc) is 2.96. The molecule has 0 saturated carbocycles. The molecule has 0 aliphatic rings. The minimum atomic E-state index is -0.470. The molecular formula is C19H13N3O2. The highest BCUT2D eigenvalue weighted by atomic mass is 16.5. The highest BCUT2D eigenvalue weighted by molar-refractivity contribution is 6.06. The molecule has 116 valence electrons. The van der Waals surface area contributed by atoms with Crippen molar-refractivity contribution < 1.29 is 9.53 Å². The molecule has 0 N–H and O–H groups in total. The third kappa shape index (κ3) is 2.39. The van der Waals surface area contributed by atoms with Gasteiger partial charge in [0.2, 0.25) is 0 Å². The Hall–Kier alpha value is -3.57. The Bertz CT molecular complexity index is 1000. The molecule has 5 heteroatoms. The number of pyridine rings is 1. The first-order chi connectivity index (χ1) is 11.7. The molecule has 24 heavy (non-hydrogen) atoms. The van der Waals surface area contributed by atoms with Crippen LogP contribution < -0.4 is 0 Å². The van der Waals surface area contributed by atoms with Crippen molar-refractivity contribution in [2.45, 2.75) is 6.92 Å². The highest BCUT2D eigenvalue weighted by Crippen LogP contribution is 2.33. The van der Waals surface area contributed by atoms with Crippen LogP contribution in [-0.4, -0.2) is 17.0 Å². The number of carbonyl (C=O) groups excluding carboxylic acids is 1. The minimum absolute atomic E-state index is 0.248. The lowest BCUT2D eigenvalue weighted by atomic mass is 9.99. The predicted octanol–water partition coefficient (Wildman–Crippen LogP) is 3.53. The number of hydrogen-bond donors (Lipinski definition) is 0. The van der Waals surface area contributed by atoms with Gasteiger partial charge in [0.1, 0.15) is 11.8 Å². The largest absolute Gasteiger partial charge is 0.462 e. The standard InChI is InChI=1S/C19H13N3O2/c1-2-24-19(23)18-15-5-3-4-10-22(15)16(12-21)17(18)14-8-6-13(11-20)7-9-14/h3-10H,2H2,1H3. The number of nitrogens with zero attached hydrogens (tertiary/aromatic N) is 3. The molecule has 0 amide bonds. The minimum Gasteiger partial charge on any atom is -0.462 e. The van der Waals surface area contributed by atoms with Crippen molar-refractivity contribution in [1.29, 1.82) is 10.5 Å². The number of aromatic nitrogens is 1. The van der Waals surface area contributed by atoms with Crippen LogP contribution >= 0.6 is 0 Å². The van der Waals surface area contributed by atoms with Crippen LogP contribution in [0.25, 0.3) is 16.6 Å². The molecule has 0 unspecified atom stereocenters. The molecule has 0 saturated heterocycles. The van der Waals surface area contributed by atoms with Gasteiger partial charge in [0.05, 0.1) is 29.3 Å². The van der Waals surface area contributed by atoms with Gasteiger partial charge in [-0.3, -0.25) is 0 Å². The van der Waals surface area contributed by atoms with Crippen molar-refractivity contribution in [3.05, 3.63) is 65.5 Å². The number of esters is 1. The van der Waals surface area contributed by atoms with Crippen LogP contribution in [0.5, 0.6) is 0 Å². The summed E-state index contributed by atoms with van der Waals surface area (Å²) in [6.45, 7) is 1.99. The zero-order valence-electron chi connectivity index (χ0n) is 13.0. The van der Waals surface area contributed by atoms with Crippen LogP contribution in [0.1, 0.15) is 28.5 Å². The number of fused-ring (bicyclic) bond motifs is 1. The molecular weight excluding hydrogens is 302 g/mol. The van der Waals surface area contributed by atoms with E-state index in [4.69, 9.17) is 10.00 Å². The Labute approximate surface area is 138 Å². The molecule has 1 aromatic carbocycles. The third-order valence-corrected chi connectivity index (χ3v) is 3.73. The Morgan fingerprint density at radius 3 is 2.50 bits per heavy atom. The Morgan fingerprint density at radius 2 is 1.88 bits per heavy atom. The SMILES string of the molecule is CCOC(=O)c1c(-c2ccc(C#N)cc2)c(C#N)n2ccccc12. The Balaban J connectivity index is 2.36. The lowest BCUT2D eigenvalue weighted by Gasteiger charge is -2.05. The van der Waals surface area contributed by atoms with Crippen molar-refractivity contribution in [3.63, 3.8) is 0 Å². The molecule has 0 bridgehead atoms. The van der Waals surface area contributed by atoms with Gasteiger partial charge >= 0.3 is 5.97 Å². The normalized spacial score (nSPS) is 10.1. The Kier molecular flexibility index (Phi) is 4.01. The first kappa shape index (κ1) is 15.3. The van der Waals surface area contributed by atoms with Crippen molar-refractivity contribution in [3.8, 4) is 23.3 Å². The fraction of sp³-hybridized carbons (Fsp3) is 0.105. The molecule has 3 rings (SSSR count). The maximum absolute atomic E-state index is 12.5. The van der Waals surface area contributed by atoms with Gasteiger partial charge in [0, 0.05) is 11.8 Å². The van der Waals surface area contributed by atoms with Crippen molar-refractivity contribution >= 4 is 11.5 Å². The van der Waals surface area contributed by atoms with E-state index in [0.29, 0.717) is 33.5 Å². The molecule has 3 aromatic rings.